The highest BCUT2D eigenvalue weighted by atomic mass is 16.4. The molecular weight excluding hydrogens is 254 g/mol. The Hall–Kier alpha value is -2.28. The molecule has 0 saturated carbocycles. The van der Waals surface area contributed by atoms with Crippen LogP contribution in [-0.4, -0.2) is 23.5 Å². The molecule has 1 rings (SSSR count). The minimum atomic E-state index is -0.755. The Morgan fingerprint density at radius 1 is 1.05 bits per heavy atom. The first-order valence-corrected chi connectivity index (χ1v) is 6.75. The van der Waals surface area contributed by atoms with Gasteiger partial charge in [0, 0.05) is 24.4 Å². The first kappa shape index (κ1) is 15.8. The van der Waals surface area contributed by atoms with Crippen LogP contribution in [0.15, 0.2) is 30.3 Å². The molecule has 20 heavy (non-hydrogen) atoms. The van der Waals surface area contributed by atoms with E-state index in [1.807, 2.05) is 30.3 Å². The number of aliphatic carboxylic acids is 1. The van der Waals surface area contributed by atoms with Crippen molar-refractivity contribution in [3.63, 3.8) is 0 Å². The summed E-state index contributed by atoms with van der Waals surface area (Å²) in [6.07, 6.45) is 3.54. The summed E-state index contributed by atoms with van der Waals surface area (Å²) in [4.78, 5) is 21.7. The van der Waals surface area contributed by atoms with E-state index in [1.165, 1.54) is 0 Å². The zero-order valence-corrected chi connectivity index (χ0v) is 11.4. The Kier molecular flexibility index (Phi) is 7.59. The van der Waals surface area contributed by atoms with Gasteiger partial charge in [0.25, 0.3) is 5.91 Å². The van der Waals surface area contributed by atoms with Crippen LogP contribution in [0.25, 0.3) is 0 Å². The summed E-state index contributed by atoms with van der Waals surface area (Å²) in [5.74, 6) is 4.30. The molecular formula is C16H19NO3. The summed E-state index contributed by atoms with van der Waals surface area (Å²) in [6, 6.07) is 9.35. The Labute approximate surface area is 119 Å². The van der Waals surface area contributed by atoms with Crippen LogP contribution in [-0.2, 0) is 9.59 Å². The molecule has 0 aliphatic heterocycles. The van der Waals surface area contributed by atoms with Gasteiger partial charge < -0.3 is 10.4 Å². The number of hydrogen-bond acceptors (Lipinski definition) is 2. The molecule has 0 spiro atoms. The molecule has 106 valence electrons. The van der Waals surface area contributed by atoms with E-state index < -0.39 is 5.97 Å². The Balaban J connectivity index is 2.09. The van der Waals surface area contributed by atoms with Gasteiger partial charge in [0.1, 0.15) is 0 Å². The lowest BCUT2D eigenvalue weighted by atomic mass is 10.1. The van der Waals surface area contributed by atoms with Gasteiger partial charge in [-0.25, -0.2) is 0 Å². The first-order chi connectivity index (χ1) is 9.68. The molecule has 1 amide bonds. The lowest BCUT2D eigenvalue weighted by molar-refractivity contribution is -0.137. The molecule has 4 nitrogen and oxygen atoms in total. The van der Waals surface area contributed by atoms with Crippen LogP contribution in [0.3, 0.4) is 0 Å². The van der Waals surface area contributed by atoms with Crippen molar-refractivity contribution < 1.29 is 14.7 Å². The average Bonchev–Trinajstić information content (AvgIpc) is 2.45. The molecule has 0 saturated heterocycles. The van der Waals surface area contributed by atoms with Gasteiger partial charge >= 0.3 is 5.97 Å². The molecule has 0 heterocycles. The molecule has 4 heteroatoms. The summed E-state index contributed by atoms with van der Waals surface area (Å²) < 4.78 is 0. The second-order valence-electron chi connectivity index (χ2n) is 4.43. The number of rotatable bonds is 7. The monoisotopic (exact) mass is 273 g/mol. The maximum absolute atomic E-state index is 11.4. The standard InChI is InChI=1S/C16H19NO3/c18-15(12-11-14-8-4-3-5-9-14)17-13-7-2-1-6-10-16(19)20/h3-5,8-9H,1-2,6-7,10,13H2,(H,17,18)(H,19,20). The number of carbonyl (C=O) groups excluding carboxylic acids is 1. The highest BCUT2D eigenvalue weighted by Gasteiger charge is 1.97. The van der Waals surface area contributed by atoms with Crippen LogP contribution < -0.4 is 5.32 Å². The number of amides is 1. The maximum Gasteiger partial charge on any atom is 0.303 e. The van der Waals surface area contributed by atoms with E-state index >= 15 is 0 Å². The molecule has 0 radical (unpaired) electrons. The lowest BCUT2D eigenvalue weighted by Gasteiger charge is -2.00. The van der Waals surface area contributed by atoms with Crippen molar-refractivity contribution in [3.05, 3.63) is 35.9 Å². The highest BCUT2D eigenvalue weighted by Crippen LogP contribution is 2.02. The van der Waals surface area contributed by atoms with Crippen LogP contribution in [0, 0.1) is 11.8 Å². The summed E-state index contributed by atoms with van der Waals surface area (Å²) in [6.45, 7) is 0.579. The minimum Gasteiger partial charge on any atom is -0.481 e. The van der Waals surface area contributed by atoms with Crippen molar-refractivity contribution >= 4 is 11.9 Å². The fraction of sp³-hybridized carbons (Fsp3) is 0.375. The van der Waals surface area contributed by atoms with Crippen LogP contribution in [0.2, 0.25) is 0 Å². The Morgan fingerprint density at radius 3 is 2.45 bits per heavy atom. The summed E-state index contributed by atoms with van der Waals surface area (Å²) in [5, 5.41) is 11.2. The quantitative estimate of drug-likeness (QED) is 0.591. The number of carbonyl (C=O) groups is 2. The third kappa shape index (κ3) is 7.93. The summed E-state index contributed by atoms with van der Waals surface area (Å²) in [7, 11) is 0. The SMILES string of the molecule is O=C(O)CCCCCCNC(=O)C#Cc1ccccc1. The van der Waals surface area contributed by atoms with E-state index in [0.29, 0.717) is 13.0 Å². The number of carboxylic acid groups (broad SMARTS) is 1. The Morgan fingerprint density at radius 2 is 1.75 bits per heavy atom. The smallest absolute Gasteiger partial charge is 0.303 e. The number of nitrogens with one attached hydrogen (secondary N) is 1. The number of carboxylic acids is 1. The molecule has 0 fully saturated rings. The predicted octanol–water partition coefficient (Wildman–Crippen LogP) is 2.19. The topological polar surface area (TPSA) is 66.4 Å². The van der Waals surface area contributed by atoms with E-state index in [1.54, 1.807) is 0 Å². The van der Waals surface area contributed by atoms with Gasteiger partial charge in [-0.2, -0.15) is 0 Å². The third-order valence-electron chi connectivity index (χ3n) is 2.70. The second-order valence-corrected chi connectivity index (χ2v) is 4.43. The molecule has 0 bridgehead atoms. The van der Waals surface area contributed by atoms with Crippen molar-refractivity contribution in [1.82, 2.24) is 5.32 Å². The fourth-order valence-electron chi connectivity index (χ4n) is 1.65. The van der Waals surface area contributed by atoms with Crippen LogP contribution >= 0.6 is 0 Å². The minimum absolute atomic E-state index is 0.217. The highest BCUT2D eigenvalue weighted by molar-refractivity contribution is 5.94. The van der Waals surface area contributed by atoms with Crippen molar-refractivity contribution in [1.29, 1.82) is 0 Å². The van der Waals surface area contributed by atoms with E-state index in [4.69, 9.17) is 5.11 Å². The molecule has 0 aliphatic rings. The normalized spacial score (nSPS) is 9.40. The third-order valence-corrected chi connectivity index (χ3v) is 2.70. The van der Waals surface area contributed by atoms with E-state index in [2.05, 4.69) is 17.2 Å². The van der Waals surface area contributed by atoms with Crippen LogP contribution in [0.1, 0.15) is 37.7 Å². The lowest BCUT2D eigenvalue weighted by Crippen LogP contribution is -2.22. The second kappa shape index (κ2) is 9.62. The molecule has 1 aromatic carbocycles. The predicted molar refractivity (Wildman–Crippen MR) is 77.1 cm³/mol. The first-order valence-electron chi connectivity index (χ1n) is 6.75. The number of unbranched alkanes of at least 4 members (excludes halogenated alkanes) is 3. The van der Waals surface area contributed by atoms with Gasteiger partial charge in [-0.15, -0.1) is 0 Å². The Bertz CT molecular complexity index is 485. The van der Waals surface area contributed by atoms with Crippen molar-refractivity contribution in [2.24, 2.45) is 0 Å². The molecule has 2 N–H and O–H groups in total. The van der Waals surface area contributed by atoms with Gasteiger partial charge in [0.05, 0.1) is 0 Å². The van der Waals surface area contributed by atoms with Gasteiger partial charge in [-0.3, -0.25) is 9.59 Å². The molecule has 0 atom stereocenters. The van der Waals surface area contributed by atoms with Gasteiger partial charge in [0.2, 0.25) is 0 Å². The number of hydrogen-bond donors (Lipinski definition) is 2. The van der Waals surface area contributed by atoms with Crippen molar-refractivity contribution in [3.8, 4) is 11.8 Å². The molecule has 0 aliphatic carbocycles. The summed E-state index contributed by atoms with van der Waals surface area (Å²) in [5.41, 5.74) is 0.816. The summed E-state index contributed by atoms with van der Waals surface area (Å²) >= 11 is 0. The van der Waals surface area contributed by atoms with Crippen molar-refractivity contribution in [2.45, 2.75) is 32.1 Å². The molecule has 0 unspecified atom stereocenters. The van der Waals surface area contributed by atoms with Gasteiger partial charge in [0.15, 0.2) is 0 Å². The zero-order chi connectivity index (χ0) is 14.6. The van der Waals surface area contributed by atoms with Crippen molar-refractivity contribution in [2.75, 3.05) is 6.54 Å². The molecule has 1 aromatic rings. The largest absolute Gasteiger partial charge is 0.481 e. The molecule has 0 aromatic heterocycles. The van der Waals surface area contributed by atoms with Crippen LogP contribution in [0.4, 0.5) is 0 Å². The van der Waals surface area contributed by atoms with E-state index in [-0.39, 0.29) is 12.3 Å². The fourth-order valence-corrected chi connectivity index (χ4v) is 1.65. The average molecular weight is 273 g/mol. The van der Waals surface area contributed by atoms with E-state index in [9.17, 15) is 9.59 Å². The van der Waals surface area contributed by atoms with E-state index in [0.717, 1.165) is 24.8 Å². The van der Waals surface area contributed by atoms with Gasteiger partial charge in [-0.1, -0.05) is 37.0 Å². The van der Waals surface area contributed by atoms with Gasteiger partial charge in [-0.05, 0) is 25.0 Å². The number of benzene rings is 1. The van der Waals surface area contributed by atoms with Crippen LogP contribution in [0.5, 0.6) is 0 Å². The zero-order valence-electron chi connectivity index (χ0n) is 11.4. The maximum atomic E-state index is 11.4.